The molecule has 1 saturated carbocycles. The first-order valence-electron chi connectivity index (χ1n) is 14.2. The van der Waals surface area contributed by atoms with Crippen LogP contribution in [0.25, 0.3) is 0 Å². The van der Waals surface area contributed by atoms with Gasteiger partial charge in [-0.3, -0.25) is 0 Å². The molecule has 12 atom stereocenters. The second kappa shape index (κ2) is 8.03. The molecule has 11 heteroatoms. The van der Waals surface area contributed by atoms with Gasteiger partial charge in [0.2, 0.25) is 0 Å². The minimum Gasteiger partial charge on any atom is -0.463 e. The average molecular weight is 559 g/mol. The van der Waals surface area contributed by atoms with Crippen molar-refractivity contribution in [2.45, 2.75) is 99.2 Å². The van der Waals surface area contributed by atoms with Crippen molar-refractivity contribution in [2.24, 2.45) is 10.8 Å². The predicted octanol–water partition coefficient (Wildman–Crippen LogP) is 0.615. The number of carbonyl (C=O) groups excluding carboxylic acids is 2. The van der Waals surface area contributed by atoms with Crippen LogP contribution in [0.15, 0.2) is 36.0 Å². The Bertz CT molecular complexity index is 1250. The molecule has 6 fully saturated rings. The lowest BCUT2D eigenvalue weighted by Crippen LogP contribution is -2.67. The van der Waals surface area contributed by atoms with Crippen molar-refractivity contribution in [3.05, 3.63) is 36.0 Å². The summed E-state index contributed by atoms with van der Waals surface area (Å²) in [4.78, 5) is 26.8. The molecule has 0 aromatic carbocycles. The number of carbonyl (C=O) groups is 2. The minimum absolute atomic E-state index is 0.0345. The molecule has 11 nitrogen and oxygen atoms in total. The Labute approximate surface area is 231 Å². The molecule has 40 heavy (non-hydrogen) atoms. The number of hydrogen-bond donors (Lipinski definition) is 2. The number of esters is 2. The lowest BCUT2D eigenvalue weighted by atomic mass is 9.51. The van der Waals surface area contributed by atoms with E-state index in [0.717, 1.165) is 6.42 Å². The molecule has 0 amide bonds. The Morgan fingerprint density at radius 1 is 1.02 bits per heavy atom. The van der Waals surface area contributed by atoms with E-state index in [4.69, 9.17) is 33.2 Å². The number of ether oxygens (including phenoxy) is 7. The number of aliphatic hydroxyl groups excluding tert-OH is 2. The van der Waals surface area contributed by atoms with Gasteiger partial charge in [-0.15, -0.1) is 0 Å². The second-order valence-electron chi connectivity index (χ2n) is 12.8. The summed E-state index contributed by atoms with van der Waals surface area (Å²) in [6.45, 7) is 4.85. The Kier molecular flexibility index (Phi) is 5.14. The Balaban J connectivity index is 1.22. The van der Waals surface area contributed by atoms with Crippen LogP contribution in [0, 0.1) is 10.8 Å². The molecule has 8 aliphatic rings. The fourth-order valence-electron chi connectivity index (χ4n) is 8.86. The van der Waals surface area contributed by atoms with Gasteiger partial charge in [0.15, 0.2) is 12.4 Å². The van der Waals surface area contributed by atoms with E-state index in [2.05, 4.69) is 19.9 Å². The zero-order valence-electron chi connectivity index (χ0n) is 22.4. The van der Waals surface area contributed by atoms with Gasteiger partial charge in [0, 0.05) is 24.3 Å². The number of aliphatic hydroxyl groups is 2. The fourth-order valence-corrected chi connectivity index (χ4v) is 8.86. The van der Waals surface area contributed by atoms with E-state index in [1.165, 1.54) is 17.7 Å². The summed E-state index contributed by atoms with van der Waals surface area (Å²) >= 11 is 0. The highest BCUT2D eigenvalue weighted by Gasteiger charge is 2.83. The van der Waals surface area contributed by atoms with Gasteiger partial charge in [-0.2, -0.15) is 0 Å². The zero-order valence-corrected chi connectivity index (χ0v) is 22.4. The molecule has 3 spiro atoms. The summed E-state index contributed by atoms with van der Waals surface area (Å²) in [7, 11) is 0. The first kappa shape index (κ1) is 25.6. The molecule has 5 saturated heterocycles. The highest BCUT2D eigenvalue weighted by Crippen LogP contribution is 2.72. The normalized spacial score (nSPS) is 57.6. The molecule has 2 N–H and O–H groups in total. The number of hydrogen-bond acceptors (Lipinski definition) is 11. The van der Waals surface area contributed by atoms with Crippen molar-refractivity contribution in [3.63, 3.8) is 0 Å². The van der Waals surface area contributed by atoms with Gasteiger partial charge in [-0.05, 0) is 25.8 Å². The molecule has 216 valence electrons. The van der Waals surface area contributed by atoms with E-state index < -0.39 is 70.3 Å². The molecule has 6 aliphatic heterocycles. The van der Waals surface area contributed by atoms with Gasteiger partial charge in [0.1, 0.15) is 41.7 Å². The minimum atomic E-state index is -1.54. The van der Waals surface area contributed by atoms with Crippen LogP contribution >= 0.6 is 0 Å². The van der Waals surface area contributed by atoms with Crippen LogP contribution in [-0.2, 0) is 42.7 Å². The van der Waals surface area contributed by atoms with E-state index in [1.807, 2.05) is 0 Å². The molecule has 8 rings (SSSR count). The topological polar surface area (TPSA) is 146 Å². The highest BCUT2D eigenvalue weighted by molar-refractivity contribution is 5.82. The van der Waals surface area contributed by atoms with E-state index in [-0.39, 0.29) is 25.4 Å². The van der Waals surface area contributed by atoms with Gasteiger partial charge in [0.05, 0.1) is 30.8 Å². The van der Waals surface area contributed by atoms with Crippen molar-refractivity contribution in [1.82, 2.24) is 0 Å². The number of allylic oxidation sites excluding steroid dienone is 3. The van der Waals surface area contributed by atoms with Crippen LogP contribution < -0.4 is 0 Å². The molecule has 9 unspecified atom stereocenters. The highest BCUT2D eigenvalue weighted by atomic mass is 16.7. The molecule has 0 radical (unpaired) electrons. The largest absolute Gasteiger partial charge is 0.463 e. The van der Waals surface area contributed by atoms with Crippen molar-refractivity contribution in [3.8, 4) is 0 Å². The summed E-state index contributed by atoms with van der Waals surface area (Å²) in [6, 6.07) is 0. The van der Waals surface area contributed by atoms with Crippen molar-refractivity contribution >= 4 is 11.9 Å². The van der Waals surface area contributed by atoms with E-state index in [1.54, 1.807) is 12.2 Å². The second-order valence-corrected chi connectivity index (χ2v) is 12.8. The first-order chi connectivity index (χ1) is 19.1. The predicted molar refractivity (Wildman–Crippen MR) is 132 cm³/mol. The molecule has 6 heterocycles. The third kappa shape index (κ3) is 2.94. The van der Waals surface area contributed by atoms with Gasteiger partial charge < -0.3 is 43.4 Å². The lowest BCUT2D eigenvalue weighted by Gasteiger charge is -2.58. The Hall–Kier alpha value is -2.12. The summed E-state index contributed by atoms with van der Waals surface area (Å²) in [5.74, 6) is -1.07. The van der Waals surface area contributed by atoms with Crippen LogP contribution in [0.5, 0.6) is 0 Å². The monoisotopic (exact) mass is 558 g/mol. The fraction of sp³-hybridized carbons (Fsp3) is 0.724. The summed E-state index contributed by atoms with van der Waals surface area (Å²) < 4.78 is 42.8. The Morgan fingerprint density at radius 3 is 2.65 bits per heavy atom. The number of rotatable bonds is 0. The molecular formula is C29H34O11. The standard InChI is InChI=1S/C29H34O11/c1-15-6-8-26-13-34-23(33)21-28(40-21)9-10-35-27(20(31)22(32)39-24(27)28)7-4-3-5-19(30)38-16-12-18(37-17(26)11-15)29(14-36-29)25(16,26)2/h3-5,7,11,16-18,20-22,24,31-32H,6,8-10,12-14H2,1-2H3/b5-3-,7-4-/t16?,17?,18-,20?,21?,22?,24?,25-,26?,27?,28?,29+/m1/s1. The quantitative estimate of drug-likeness (QED) is 0.245. The van der Waals surface area contributed by atoms with Crippen LogP contribution in [0.1, 0.15) is 39.5 Å². The van der Waals surface area contributed by atoms with Gasteiger partial charge in [-0.1, -0.05) is 30.7 Å². The van der Waals surface area contributed by atoms with E-state index in [0.29, 0.717) is 25.9 Å². The van der Waals surface area contributed by atoms with E-state index in [9.17, 15) is 19.8 Å². The smallest absolute Gasteiger partial charge is 0.338 e. The SMILES string of the molecule is CC1=CC2O[C@@H]3CC4OC(=O)/C=C\C=C/C56OCCC7(OC7C(=O)OCC2(CC1)[C@]4(C)[C@]31CO1)C5OC(O)C6O. The van der Waals surface area contributed by atoms with Gasteiger partial charge >= 0.3 is 11.9 Å². The van der Waals surface area contributed by atoms with Crippen LogP contribution in [-0.4, -0.2) is 102 Å². The van der Waals surface area contributed by atoms with Crippen LogP contribution in [0.3, 0.4) is 0 Å². The zero-order chi connectivity index (χ0) is 27.7. The number of cyclic esters (lactones) is 1. The molecule has 0 aromatic rings. The maximum atomic E-state index is 13.7. The van der Waals surface area contributed by atoms with Gasteiger partial charge in [-0.25, -0.2) is 9.59 Å². The van der Waals surface area contributed by atoms with E-state index >= 15 is 0 Å². The average Bonchev–Trinajstić information content (AvgIpc) is 3.83. The Morgan fingerprint density at radius 2 is 1.85 bits per heavy atom. The van der Waals surface area contributed by atoms with Crippen molar-refractivity contribution in [2.75, 3.05) is 19.8 Å². The van der Waals surface area contributed by atoms with Crippen LogP contribution in [0.4, 0.5) is 0 Å². The van der Waals surface area contributed by atoms with Crippen molar-refractivity contribution in [1.29, 1.82) is 0 Å². The molecular weight excluding hydrogens is 524 g/mol. The maximum Gasteiger partial charge on any atom is 0.338 e. The van der Waals surface area contributed by atoms with Crippen LogP contribution in [0.2, 0.25) is 0 Å². The van der Waals surface area contributed by atoms with Crippen molar-refractivity contribution < 1.29 is 53.0 Å². The number of epoxide rings is 2. The first-order valence-corrected chi connectivity index (χ1v) is 14.2. The molecule has 2 aliphatic carbocycles. The lowest BCUT2D eigenvalue weighted by molar-refractivity contribution is -0.233. The molecule has 4 bridgehead atoms. The summed E-state index contributed by atoms with van der Waals surface area (Å²) in [5, 5.41) is 21.3. The summed E-state index contributed by atoms with van der Waals surface area (Å²) in [5.41, 5.74) is -3.37. The third-order valence-electron chi connectivity index (χ3n) is 11.3. The molecule has 0 aromatic heterocycles. The van der Waals surface area contributed by atoms with Gasteiger partial charge in [0.25, 0.3) is 0 Å². The maximum absolute atomic E-state index is 13.7. The third-order valence-corrected chi connectivity index (χ3v) is 11.3. The summed E-state index contributed by atoms with van der Waals surface area (Å²) in [6.07, 6.45) is 4.33.